The molecule has 0 aliphatic rings. The van der Waals surface area contributed by atoms with Gasteiger partial charge in [-0.15, -0.1) is 0 Å². The molecule has 0 aromatic heterocycles. The summed E-state index contributed by atoms with van der Waals surface area (Å²) in [4.78, 5) is 0. The summed E-state index contributed by atoms with van der Waals surface area (Å²) in [6.45, 7) is 12.8. The highest BCUT2D eigenvalue weighted by Crippen LogP contribution is 2.34. The summed E-state index contributed by atoms with van der Waals surface area (Å²) in [5.41, 5.74) is 1.20. The second-order valence-corrected chi connectivity index (χ2v) is 7.56. The van der Waals surface area contributed by atoms with Gasteiger partial charge in [0.15, 0.2) is 0 Å². The normalized spacial score (nSPS) is 15.5. The van der Waals surface area contributed by atoms with Crippen LogP contribution in [0.15, 0.2) is 36.9 Å². The largest absolute Gasteiger partial charge is 0.492 e. The van der Waals surface area contributed by atoms with Crippen molar-refractivity contribution in [2.45, 2.75) is 32.9 Å². The Balaban J connectivity index is 2.80. The van der Waals surface area contributed by atoms with E-state index < -0.39 is 0 Å². The van der Waals surface area contributed by atoms with Crippen molar-refractivity contribution < 1.29 is 4.74 Å². The number of rotatable bonds is 3. The number of hydrogen-bond acceptors (Lipinski definition) is 1. The highest BCUT2D eigenvalue weighted by molar-refractivity contribution is 6.15. The average Bonchev–Trinajstić information content (AvgIpc) is 2.16. The number of ether oxygens (including phenoxy) is 1. The Hall–Kier alpha value is -1.02. The molecule has 1 nitrogen and oxygen atoms in total. The quantitative estimate of drug-likeness (QED) is 0.577. The van der Waals surface area contributed by atoms with Gasteiger partial charge in [0.05, 0.1) is 15.5 Å². The summed E-state index contributed by atoms with van der Waals surface area (Å²) in [6, 6.07) is 10.1. The van der Waals surface area contributed by atoms with Crippen molar-refractivity contribution in [3.05, 3.63) is 42.5 Å². The first-order valence-corrected chi connectivity index (χ1v) is 6.67. The first-order chi connectivity index (χ1) is 7.24. The van der Waals surface area contributed by atoms with Crippen LogP contribution in [0.5, 0.6) is 0 Å². The smallest absolute Gasteiger partial charge is 0.119 e. The average molecular weight is 234 g/mol. The van der Waals surface area contributed by atoms with E-state index in [1.165, 1.54) is 0 Å². The van der Waals surface area contributed by atoms with Gasteiger partial charge in [-0.2, -0.15) is 0 Å². The van der Waals surface area contributed by atoms with Crippen molar-refractivity contribution in [3.63, 3.8) is 0 Å². The third kappa shape index (κ3) is 2.98. The molecule has 0 aliphatic heterocycles. The molecule has 88 valence electrons. The van der Waals surface area contributed by atoms with Crippen LogP contribution in [-0.4, -0.2) is 15.5 Å². The molecule has 0 spiro atoms. The van der Waals surface area contributed by atoms with Crippen molar-refractivity contribution in [2.24, 2.45) is 5.41 Å². The minimum atomic E-state index is -0.0973. The Morgan fingerprint density at radius 2 is 1.62 bits per heavy atom. The van der Waals surface area contributed by atoms with E-state index >= 15 is 0 Å². The minimum absolute atomic E-state index is 0.0973. The van der Waals surface area contributed by atoms with Crippen molar-refractivity contribution in [2.75, 3.05) is 0 Å². The molecule has 2 heteroatoms. The topological polar surface area (TPSA) is 9.23 Å². The molecule has 1 aromatic carbocycles. The number of hydrogen-bond donors (Lipinski definition) is 0. The molecule has 0 bridgehead atoms. The summed E-state index contributed by atoms with van der Waals surface area (Å²) in [5.74, 6) is 0.771. The molecule has 16 heavy (non-hydrogen) atoms. The highest BCUT2D eigenvalue weighted by Gasteiger charge is 2.34. The summed E-state index contributed by atoms with van der Waals surface area (Å²) in [7, 11) is 0.973. The van der Waals surface area contributed by atoms with E-state index in [4.69, 9.17) is 4.74 Å². The van der Waals surface area contributed by atoms with E-state index in [9.17, 15) is 0 Å². The molecule has 1 unspecified atom stereocenters. The van der Waals surface area contributed by atoms with Crippen LogP contribution in [0.25, 0.3) is 5.76 Å². The third-order valence-electron chi connectivity index (χ3n) is 3.28. The first kappa shape index (κ1) is 13.0. The molecule has 0 N–H and O–H groups in total. The molecule has 0 heterocycles. The van der Waals surface area contributed by atoms with Crippen LogP contribution < -0.4 is 0 Å². The molecule has 0 radical (unpaired) electrons. The Kier molecular flexibility index (Phi) is 3.63. The van der Waals surface area contributed by atoms with Crippen molar-refractivity contribution in [1.82, 2.24) is 0 Å². The Morgan fingerprint density at radius 1 is 1.12 bits per heavy atom. The van der Waals surface area contributed by atoms with Crippen molar-refractivity contribution in [3.8, 4) is 0 Å². The van der Waals surface area contributed by atoms with Gasteiger partial charge in [-0.25, -0.2) is 0 Å². The van der Waals surface area contributed by atoms with E-state index in [1.54, 1.807) is 0 Å². The maximum Gasteiger partial charge on any atom is 0.119 e. The number of benzene rings is 1. The molecule has 0 amide bonds. The molecule has 0 saturated heterocycles. The molecule has 1 aromatic rings. The van der Waals surface area contributed by atoms with Crippen LogP contribution in [0, 0.1) is 5.41 Å². The third-order valence-corrected chi connectivity index (χ3v) is 4.98. The molecule has 1 rings (SSSR count). The van der Waals surface area contributed by atoms with E-state index in [-0.39, 0.29) is 10.6 Å². The minimum Gasteiger partial charge on any atom is -0.492 e. The van der Waals surface area contributed by atoms with Crippen LogP contribution >= 0.6 is 0 Å². The fraction of sp³-hybridized carbons (Fsp3) is 0.429. The second kappa shape index (κ2) is 4.46. The molecule has 1 atom stereocenters. The molecule has 0 aliphatic carbocycles. The monoisotopic (exact) mass is 234 g/mol. The maximum atomic E-state index is 6.06. The molecular formula is C14H22OSi. The van der Waals surface area contributed by atoms with E-state index in [0.717, 1.165) is 21.6 Å². The van der Waals surface area contributed by atoms with Gasteiger partial charge in [0.2, 0.25) is 0 Å². The van der Waals surface area contributed by atoms with E-state index in [1.807, 2.05) is 30.3 Å². The Bertz CT molecular complexity index is 360. The standard InChI is InChI=1S/C14H22OSi/c1-11(12-9-7-6-8-10-12)15-14(5,16)13(2,3)4/h6-10H,1H2,2-5,16H3. The van der Waals surface area contributed by atoms with Crippen molar-refractivity contribution >= 4 is 16.0 Å². The van der Waals surface area contributed by atoms with Crippen LogP contribution in [0.1, 0.15) is 33.3 Å². The zero-order chi connectivity index (χ0) is 12.4. The molecular weight excluding hydrogens is 212 g/mol. The second-order valence-electron chi connectivity index (χ2n) is 5.65. The fourth-order valence-electron chi connectivity index (χ4n) is 1.14. The van der Waals surface area contributed by atoms with Gasteiger partial charge in [0.25, 0.3) is 0 Å². The van der Waals surface area contributed by atoms with Gasteiger partial charge in [-0.3, -0.25) is 0 Å². The highest BCUT2D eigenvalue weighted by atomic mass is 28.1. The SMILES string of the molecule is C=C(OC(C)([SiH3])C(C)(C)C)c1ccccc1. The summed E-state index contributed by atoms with van der Waals surface area (Å²) in [6.07, 6.45) is 0. The molecule has 0 saturated carbocycles. The van der Waals surface area contributed by atoms with Gasteiger partial charge in [0.1, 0.15) is 5.76 Å². The lowest BCUT2D eigenvalue weighted by Crippen LogP contribution is -2.42. The zero-order valence-electron chi connectivity index (χ0n) is 11.0. The van der Waals surface area contributed by atoms with Crippen LogP contribution in [0.3, 0.4) is 0 Å². The van der Waals surface area contributed by atoms with Gasteiger partial charge >= 0.3 is 0 Å². The lowest BCUT2D eigenvalue weighted by molar-refractivity contribution is 0.0358. The Labute approximate surface area is 102 Å². The molecule has 0 fully saturated rings. The van der Waals surface area contributed by atoms with Gasteiger partial charge in [-0.1, -0.05) is 57.7 Å². The van der Waals surface area contributed by atoms with Crippen LogP contribution in [0.2, 0.25) is 0 Å². The predicted octanol–water partition coefficient (Wildman–Crippen LogP) is 2.80. The van der Waals surface area contributed by atoms with Crippen molar-refractivity contribution in [1.29, 1.82) is 0 Å². The predicted molar refractivity (Wildman–Crippen MR) is 74.4 cm³/mol. The van der Waals surface area contributed by atoms with Gasteiger partial charge in [0, 0.05) is 5.56 Å². The van der Waals surface area contributed by atoms with Crippen LogP contribution in [0.4, 0.5) is 0 Å². The van der Waals surface area contributed by atoms with Crippen LogP contribution in [-0.2, 0) is 4.74 Å². The lowest BCUT2D eigenvalue weighted by Gasteiger charge is -2.39. The summed E-state index contributed by atoms with van der Waals surface area (Å²) < 4.78 is 6.06. The zero-order valence-corrected chi connectivity index (χ0v) is 13.0. The van der Waals surface area contributed by atoms with E-state index in [0.29, 0.717) is 0 Å². The Morgan fingerprint density at radius 3 is 2.06 bits per heavy atom. The van der Waals surface area contributed by atoms with E-state index in [2.05, 4.69) is 34.3 Å². The maximum absolute atomic E-state index is 6.06. The van der Waals surface area contributed by atoms with Gasteiger partial charge in [-0.05, 0) is 12.3 Å². The summed E-state index contributed by atoms with van der Waals surface area (Å²) >= 11 is 0. The fourth-order valence-corrected chi connectivity index (χ4v) is 1.39. The first-order valence-electron chi connectivity index (χ1n) is 5.67. The van der Waals surface area contributed by atoms with Gasteiger partial charge < -0.3 is 4.74 Å². The lowest BCUT2D eigenvalue weighted by atomic mass is 9.89. The summed E-state index contributed by atoms with van der Waals surface area (Å²) in [5, 5.41) is -0.0973.